The molecule has 6 rings (SSSR count). The van der Waals surface area contributed by atoms with Gasteiger partial charge in [-0.2, -0.15) is 0 Å². The van der Waals surface area contributed by atoms with Crippen LogP contribution in [0.3, 0.4) is 0 Å². The smallest absolute Gasteiger partial charge is 0.264 e. The number of imide groups is 1. The van der Waals surface area contributed by atoms with Crippen LogP contribution in [0.25, 0.3) is 38.2 Å². The quantitative estimate of drug-likeness (QED) is 0.237. The van der Waals surface area contributed by atoms with E-state index in [1.807, 2.05) is 6.07 Å². The molecule has 176 valence electrons. The largest absolute Gasteiger partial charge is 0.381 e. The van der Waals surface area contributed by atoms with E-state index >= 15 is 0 Å². The van der Waals surface area contributed by atoms with Crippen LogP contribution in [0.15, 0.2) is 47.3 Å². The van der Waals surface area contributed by atoms with Crippen LogP contribution in [0.2, 0.25) is 5.02 Å². The fraction of sp³-hybridized carbons (Fsp3) is 0.259. The van der Waals surface area contributed by atoms with Crippen molar-refractivity contribution in [2.75, 3.05) is 19.8 Å². The molecule has 3 aromatic carbocycles. The Balaban J connectivity index is 1.50. The summed E-state index contributed by atoms with van der Waals surface area (Å²) in [5.41, 5.74) is 2.34. The van der Waals surface area contributed by atoms with Crippen molar-refractivity contribution in [3.63, 3.8) is 0 Å². The maximum atomic E-state index is 13.6. The van der Waals surface area contributed by atoms with Gasteiger partial charge in [0, 0.05) is 57.5 Å². The fourth-order valence-corrected chi connectivity index (χ4v) is 5.20. The number of hydrogen-bond donors (Lipinski definition) is 0. The van der Waals surface area contributed by atoms with Gasteiger partial charge < -0.3 is 4.74 Å². The standard InChI is InChI=1S/C27H22ClN3O4/c1-2-3-12-35-13-4-11-30-25(32)17-7-6-16-22-19(9-8-18(23(17)22)26(30)33)27(34)31-21-14-15(28)5-10-20(21)29-24(16)31/h5-10,14H,2-4,11-13H2,1H3. The van der Waals surface area contributed by atoms with Crippen LogP contribution in [-0.4, -0.2) is 45.9 Å². The van der Waals surface area contributed by atoms with Crippen molar-refractivity contribution < 1.29 is 14.3 Å². The first kappa shape index (κ1) is 21.9. The number of halogens is 1. The lowest BCUT2D eigenvalue weighted by Crippen LogP contribution is -2.41. The molecular formula is C27H22ClN3O4. The van der Waals surface area contributed by atoms with Crippen molar-refractivity contribution >= 4 is 61.6 Å². The van der Waals surface area contributed by atoms with Gasteiger partial charge in [-0.3, -0.25) is 23.7 Å². The zero-order valence-corrected chi connectivity index (χ0v) is 19.9. The molecule has 8 heteroatoms. The minimum absolute atomic E-state index is 0.257. The Morgan fingerprint density at radius 3 is 2.34 bits per heavy atom. The van der Waals surface area contributed by atoms with Crippen LogP contribution in [0.4, 0.5) is 0 Å². The number of fused-ring (bicyclic) bond motifs is 4. The summed E-state index contributed by atoms with van der Waals surface area (Å²) >= 11 is 6.19. The van der Waals surface area contributed by atoms with Gasteiger partial charge in [-0.05, 0) is 55.3 Å². The number of carbonyl (C=O) groups excluding carboxylic acids is 2. The van der Waals surface area contributed by atoms with Gasteiger partial charge in [0.2, 0.25) is 0 Å². The van der Waals surface area contributed by atoms with Crippen molar-refractivity contribution in [3.05, 3.63) is 69.0 Å². The first-order valence-electron chi connectivity index (χ1n) is 11.8. The van der Waals surface area contributed by atoms with Crippen LogP contribution in [0, 0.1) is 0 Å². The Hall–Kier alpha value is -3.55. The Morgan fingerprint density at radius 2 is 1.60 bits per heavy atom. The summed E-state index contributed by atoms with van der Waals surface area (Å²) < 4.78 is 7.14. The van der Waals surface area contributed by atoms with Crippen molar-refractivity contribution in [1.29, 1.82) is 0 Å². The number of ether oxygens (including phenoxy) is 1. The molecule has 0 atom stereocenters. The first-order valence-corrected chi connectivity index (χ1v) is 12.2. The number of imidazole rings is 1. The molecule has 0 spiro atoms. The van der Waals surface area contributed by atoms with Crippen LogP contribution >= 0.6 is 11.6 Å². The molecule has 0 radical (unpaired) electrons. The summed E-state index contributed by atoms with van der Waals surface area (Å²) in [5, 5.41) is 2.78. The second-order valence-electron chi connectivity index (χ2n) is 8.86. The first-order chi connectivity index (χ1) is 17.0. The summed E-state index contributed by atoms with van der Waals surface area (Å²) in [5.74, 6) is -0.698. The number of pyridine rings is 1. The van der Waals surface area contributed by atoms with E-state index in [1.165, 1.54) is 4.90 Å². The molecule has 0 N–H and O–H groups in total. The number of carbonyl (C=O) groups is 2. The second kappa shape index (κ2) is 8.29. The molecule has 0 saturated carbocycles. The highest BCUT2D eigenvalue weighted by Gasteiger charge is 2.34. The molecule has 35 heavy (non-hydrogen) atoms. The van der Waals surface area contributed by atoms with Crippen molar-refractivity contribution in [1.82, 2.24) is 14.3 Å². The van der Waals surface area contributed by atoms with Crippen LogP contribution < -0.4 is 5.56 Å². The predicted octanol–water partition coefficient (Wildman–Crippen LogP) is 5.05. The fourth-order valence-electron chi connectivity index (χ4n) is 5.03. The van der Waals surface area contributed by atoms with Crippen LogP contribution in [0.1, 0.15) is 46.9 Å². The van der Waals surface area contributed by atoms with Gasteiger partial charge in [0.1, 0.15) is 5.65 Å². The molecule has 2 amide bonds. The average molecular weight is 488 g/mol. The number of aromatic nitrogens is 2. The van der Waals surface area contributed by atoms with E-state index in [-0.39, 0.29) is 23.9 Å². The molecular weight excluding hydrogens is 466 g/mol. The Morgan fingerprint density at radius 1 is 0.886 bits per heavy atom. The van der Waals surface area contributed by atoms with Gasteiger partial charge >= 0.3 is 0 Å². The van der Waals surface area contributed by atoms with Gasteiger partial charge in [-0.15, -0.1) is 0 Å². The van der Waals surface area contributed by atoms with Crippen molar-refractivity contribution in [2.24, 2.45) is 0 Å². The molecule has 1 aliphatic heterocycles. The average Bonchev–Trinajstić information content (AvgIpc) is 3.24. The molecule has 1 aliphatic rings. The monoisotopic (exact) mass is 487 g/mol. The molecule has 0 aliphatic carbocycles. The van der Waals surface area contributed by atoms with Crippen molar-refractivity contribution in [2.45, 2.75) is 26.2 Å². The molecule has 7 nitrogen and oxygen atoms in total. The Bertz CT molecular complexity index is 1700. The molecule has 0 saturated heterocycles. The molecule has 0 unspecified atom stereocenters. The molecule has 5 aromatic rings. The zero-order valence-electron chi connectivity index (χ0n) is 19.1. The van der Waals surface area contributed by atoms with E-state index in [2.05, 4.69) is 11.9 Å². The Labute approximate surface area is 205 Å². The molecule has 2 aromatic heterocycles. The normalized spacial score (nSPS) is 13.8. The molecule has 0 fully saturated rings. The lowest BCUT2D eigenvalue weighted by atomic mass is 9.90. The second-order valence-corrected chi connectivity index (χ2v) is 9.30. The predicted molar refractivity (Wildman–Crippen MR) is 136 cm³/mol. The summed E-state index contributed by atoms with van der Waals surface area (Å²) in [6.45, 7) is 3.55. The van der Waals surface area contributed by atoms with Crippen molar-refractivity contribution in [3.8, 4) is 0 Å². The maximum Gasteiger partial charge on any atom is 0.264 e. The summed E-state index contributed by atoms with van der Waals surface area (Å²) in [6.07, 6.45) is 2.61. The van der Waals surface area contributed by atoms with Gasteiger partial charge in [0.15, 0.2) is 0 Å². The lowest BCUT2D eigenvalue weighted by Gasteiger charge is -2.27. The van der Waals surface area contributed by atoms with Gasteiger partial charge in [-0.1, -0.05) is 24.9 Å². The summed E-state index contributed by atoms with van der Waals surface area (Å²) in [4.78, 5) is 46.3. The number of unbranched alkanes of at least 4 members (excludes halogenated alkanes) is 1. The van der Waals surface area contributed by atoms with E-state index in [4.69, 9.17) is 16.3 Å². The number of hydrogen-bond acceptors (Lipinski definition) is 5. The number of benzene rings is 3. The molecule has 0 bridgehead atoms. The topological polar surface area (TPSA) is 81.0 Å². The number of rotatable bonds is 7. The van der Waals surface area contributed by atoms with E-state index in [9.17, 15) is 14.4 Å². The summed E-state index contributed by atoms with van der Waals surface area (Å²) in [6, 6.07) is 12.1. The molecule has 3 heterocycles. The van der Waals surface area contributed by atoms with E-state index in [1.54, 1.807) is 40.8 Å². The third-order valence-corrected chi connectivity index (χ3v) is 6.95. The Kier molecular flexibility index (Phi) is 5.20. The highest BCUT2D eigenvalue weighted by Crippen LogP contribution is 2.37. The number of nitrogens with zero attached hydrogens (tertiary/aromatic N) is 3. The van der Waals surface area contributed by atoms with Gasteiger partial charge in [-0.25, -0.2) is 4.98 Å². The summed E-state index contributed by atoms with van der Waals surface area (Å²) in [7, 11) is 0. The van der Waals surface area contributed by atoms with Gasteiger partial charge in [0.05, 0.1) is 11.0 Å². The van der Waals surface area contributed by atoms with Crippen LogP contribution in [-0.2, 0) is 4.74 Å². The zero-order chi connectivity index (χ0) is 24.3. The van der Waals surface area contributed by atoms with E-state index in [0.29, 0.717) is 74.0 Å². The highest BCUT2D eigenvalue weighted by atomic mass is 35.5. The minimum Gasteiger partial charge on any atom is -0.381 e. The third kappa shape index (κ3) is 3.22. The van der Waals surface area contributed by atoms with Crippen LogP contribution in [0.5, 0.6) is 0 Å². The minimum atomic E-state index is -0.349. The third-order valence-electron chi connectivity index (χ3n) is 6.72. The number of amides is 2. The lowest BCUT2D eigenvalue weighted by molar-refractivity contribution is 0.0583. The SMILES string of the molecule is CCCCOCCCN1C(=O)c2ccc3c(=O)n4c5cc(Cl)ccc5nc4c4ccc(c2c34)C1=O. The van der Waals surface area contributed by atoms with E-state index in [0.717, 1.165) is 12.8 Å². The maximum absolute atomic E-state index is 13.6. The van der Waals surface area contributed by atoms with Gasteiger partial charge in [0.25, 0.3) is 17.4 Å². The highest BCUT2D eigenvalue weighted by molar-refractivity contribution is 6.32. The van der Waals surface area contributed by atoms with E-state index < -0.39 is 0 Å².